The van der Waals surface area contributed by atoms with Gasteiger partial charge in [-0.3, -0.25) is 23.7 Å². The number of pyridine rings is 1. The Bertz CT molecular complexity index is 1940. The largest absolute Gasteiger partial charge is 0.421 e. The van der Waals surface area contributed by atoms with E-state index in [-0.39, 0.29) is 56.7 Å². The Morgan fingerprint density at radius 1 is 0.933 bits per heavy atom. The number of thiazole rings is 2. The number of allylic oxidation sites excluding steroid dienone is 1. The van der Waals surface area contributed by atoms with Gasteiger partial charge in [0.2, 0.25) is 0 Å². The number of halogens is 3. The van der Waals surface area contributed by atoms with Crippen molar-refractivity contribution in [2.45, 2.75) is 26.7 Å². The summed E-state index contributed by atoms with van der Waals surface area (Å²) in [6.45, 7) is 3.25. The molecule has 0 saturated carbocycles. The zero-order chi connectivity index (χ0) is 32.5. The van der Waals surface area contributed by atoms with Crippen LogP contribution in [0.15, 0.2) is 58.5 Å². The van der Waals surface area contributed by atoms with Crippen LogP contribution in [0.4, 0.5) is 5.13 Å². The van der Waals surface area contributed by atoms with Gasteiger partial charge < -0.3 is 14.8 Å². The normalized spacial score (nSPS) is 11.0. The fourth-order valence-electron chi connectivity index (χ4n) is 3.16. The average molecular weight is 710 g/mol. The van der Waals surface area contributed by atoms with Gasteiger partial charge in [0.05, 0.1) is 24.8 Å². The van der Waals surface area contributed by atoms with Gasteiger partial charge >= 0.3 is 11.9 Å². The third kappa shape index (κ3) is 8.64. The van der Waals surface area contributed by atoms with Gasteiger partial charge in [-0.05, 0) is 0 Å². The number of rotatable bonds is 9. The molecular formula is C26H19Cl3N8O6S2. The molecule has 5 rings (SSSR count). The van der Waals surface area contributed by atoms with Crippen LogP contribution < -0.4 is 15.5 Å². The van der Waals surface area contributed by atoms with Crippen molar-refractivity contribution in [3.05, 3.63) is 85.1 Å². The number of esters is 2. The summed E-state index contributed by atoms with van der Waals surface area (Å²) in [5.74, 6) is -2.19. The topological polar surface area (TPSA) is 181 Å². The Morgan fingerprint density at radius 2 is 1.62 bits per heavy atom. The first kappa shape index (κ1) is 33.5. The molecule has 0 unspecified atom stereocenters. The van der Waals surface area contributed by atoms with E-state index in [1.807, 2.05) is 0 Å². The fraction of sp³-hybridized carbons (Fsp3) is 0.154. The first-order valence-electron chi connectivity index (χ1n) is 12.6. The second-order valence-corrected chi connectivity index (χ2v) is 11.1. The smallest absolute Gasteiger partial charge is 0.311 e. The Balaban J connectivity index is 0.000000205. The molecule has 0 spiro atoms. The van der Waals surface area contributed by atoms with Crippen LogP contribution in [-0.4, -0.2) is 52.2 Å². The fourth-order valence-corrected chi connectivity index (χ4v) is 4.81. The molecule has 19 heteroatoms. The summed E-state index contributed by atoms with van der Waals surface area (Å²) in [5, 5.41) is 7.37. The van der Waals surface area contributed by atoms with Gasteiger partial charge in [-0.15, -0.1) is 22.7 Å². The molecule has 5 aromatic rings. The predicted octanol–water partition coefficient (Wildman–Crippen LogP) is 5.54. The lowest BCUT2D eigenvalue weighted by molar-refractivity contribution is -0.138. The minimum absolute atomic E-state index is 0.0449. The van der Waals surface area contributed by atoms with E-state index in [0.717, 1.165) is 0 Å². The average Bonchev–Trinajstić information content (AvgIpc) is 3.75. The SMILES string of the molecule is CCC(=O)O/C(=C\Nc1nccs1)C(=O)c1ncc(Cl)nc1Cl.CCC(=O)Oc1cn(-c2nccs2)c2nc(Cl)cnc2c1=O. The highest BCUT2D eigenvalue weighted by atomic mass is 35.5. The van der Waals surface area contributed by atoms with Crippen molar-refractivity contribution in [2.75, 3.05) is 5.32 Å². The van der Waals surface area contributed by atoms with Crippen LogP contribution in [0.1, 0.15) is 37.2 Å². The molecule has 0 aliphatic rings. The molecule has 0 saturated heterocycles. The van der Waals surface area contributed by atoms with Crippen molar-refractivity contribution in [3.8, 4) is 10.9 Å². The van der Waals surface area contributed by atoms with Crippen molar-refractivity contribution >= 4 is 91.5 Å². The Morgan fingerprint density at radius 3 is 2.27 bits per heavy atom. The van der Waals surface area contributed by atoms with Crippen molar-refractivity contribution in [2.24, 2.45) is 0 Å². The van der Waals surface area contributed by atoms with Crippen molar-refractivity contribution in [3.63, 3.8) is 0 Å². The molecule has 5 heterocycles. The van der Waals surface area contributed by atoms with Gasteiger partial charge in [-0.2, -0.15) is 0 Å². The van der Waals surface area contributed by atoms with E-state index in [1.165, 1.54) is 52.0 Å². The minimum atomic E-state index is -0.704. The molecular weight excluding hydrogens is 691 g/mol. The third-order valence-corrected chi connectivity index (χ3v) is 7.29. The summed E-state index contributed by atoms with van der Waals surface area (Å²) >= 11 is 20.0. The molecule has 0 aliphatic heterocycles. The highest BCUT2D eigenvalue weighted by Gasteiger charge is 2.22. The molecule has 0 aliphatic carbocycles. The van der Waals surface area contributed by atoms with Crippen LogP contribution in [0.3, 0.4) is 0 Å². The van der Waals surface area contributed by atoms with E-state index >= 15 is 0 Å². The lowest BCUT2D eigenvalue weighted by Gasteiger charge is -2.09. The zero-order valence-corrected chi connectivity index (χ0v) is 27.0. The third-order valence-electron chi connectivity index (χ3n) is 5.19. The van der Waals surface area contributed by atoms with Crippen LogP contribution in [-0.2, 0) is 14.3 Å². The molecule has 1 N–H and O–H groups in total. The van der Waals surface area contributed by atoms with Gasteiger partial charge in [0, 0.05) is 36.0 Å². The summed E-state index contributed by atoms with van der Waals surface area (Å²) in [5.41, 5.74) is -0.384. The second kappa shape index (κ2) is 15.6. The number of hydrogen-bond donors (Lipinski definition) is 1. The number of hydrogen-bond acceptors (Lipinski definition) is 15. The van der Waals surface area contributed by atoms with E-state index < -0.39 is 23.2 Å². The van der Waals surface area contributed by atoms with E-state index in [2.05, 4.69) is 35.2 Å². The monoisotopic (exact) mass is 708 g/mol. The van der Waals surface area contributed by atoms with Gasteiger partial charge in [-0.1, -0.05) is 48.7 Å². The number of ketones is 1. The quantitative estimate of drug-likeness (QED) is 0.0873. The maximum absolute atomic E-state index is 12.5. The molecule has 0 aromatic carbocycles. The predicted molar refractivity (Wildman–Crippen MR) is 168 cm³/mol. The van der Waals surface area contributed by atoms with E-state index in [9.17, 15) is 19.2 Å². The Kier molecular flexibility index (Phi) is 11.6. The van der Waals surface area contributed by atoms with Crippen molar-refractivity contribution < 1.29 is 23.9 Å². The van der Waals surface area contributed by atoms with E-state index in [4.69, 9.17) is 44.3 Å². The van der Waals surface area contributed by atoms with Crippen molar-refractivity contribution in [1.29, 1.82) is 0 Å². The Hall–Kier alpha value is -4.35. The van der Waals surface area contributed by atoms with Crippen LogP contribution >= 0.6 is 57.5 Å². The molecule has 0 bridgehead atoms. The number of fused-ring (bicyclic) bond motifs is 1. The molecule has 14 nitrogen and oxygen atoms in total. The van der Waals surface area contributed by atoms with Crippen molar-refractivity contribution in [1.82, 2.24) is 34.5 Å². The van der Waals surface area contributed by atoms with Crippen LogP contribution in [0.2, 0.25) is 15.5 Å². The summed E-state index contributed by atoms with van der Waals surface area (Å²) in [4.78, 5) is 71.7. The Labute approximate surface area is 276 Å². The molecule has 0 amide bonds. The van der Waals surface area contributed by atoms with Crippen LogP contribution in [0.5, 0.6) is 5.75 Å². The number of aromatic nitrogens is 7. The molecule has 45 heavy (non-hydrogen) atoms. The number of anilines is 1. The molecule has 232 valence electrons. The number of carbonyl (C=O) groups excluding carboxylic acids is 3. The summed E-state index contributed by atoms with van der Waals surface area (Å²) in [6.07, 6.45) is 8.49. The van der Waals surface area contributed by atoms with Gasteiger partial charge in [0.1, 0.15) is 10.3 Å². The molecule has 0 atom stereocenters. The molecule has 5 aromatic heterocycles. The summed E-state index contributed by atoms with van der Waals surface area (Å²) < 4.78 is 11.6. The van der Waals surface area contributed by atoms with Crippen LogP contribution in [0, 0.1) is 0 Å². The number of nitrogens with one attached hydrogen (secondary N) is 1. The lowest BCUT2D eigenvalue weighted by atomic mass is 10.2. The van der Waals surface area contributed by atoms with Gasteiger partial charge in [0.15, 0.2) is 43.8 Å². The van der Waals surface area contributed by atoms with Gasteiger partial charge in [-0.25, -0.2) is 29.9 Å². The molecule has 0 fully saturated rings. The summed E-state index contributed by atoms with van der Waals surface area (Å²) in [7, 11) is 0. The van der Waals surface area contributed by atoms with Gasteiger partial charge in [0.25, 0.3) is 11.2 Å². The number of ether oxygens (including phenoxy) is 2. The zero-order valence-electron chi connectivity index (χ0n) is 23.1. The number of carbonyl (C=O) groups is 3. The highest BCUT2D eigenvalue weighted by molar-refractivity contribution is 7.13. The second-order valence-electron chi connectivity index (χ2n) is 8.18. The lowest BCUT2D eigenvalue weighted by Crippen LogP contribution is -2.18. The minimum Gasteiger partial charge on any atom is -0.421 e. The maximum atomic E-state index is 12.5. The van der Waals surface area contributed by atoms with E-state index in [0.29, 0.717) is 10.3 Å². The van der Waals surface area contributed by atoms with E-state index in [1.54, 1.807) is 37.0 Å². The molecule has 0 radical (unpaired) electrons. The number of Topliss-reactive ketones (excluding diaryl/α,β-unsaturated/α-hetero) is 1. The standard InChI is InChI=1S/C13H10Cl2N4O3S.C13H9ClN4O3S/c1-2-9(20)22-7(5-18-13-16-3-4-23-13)11(21)10-12(15)19-8(14)6-17-10;1-2-9(19)21-7-6-18(13-15-3-4-22-13)12-10(11(7)20)16-5-8(14)17-12/h3-6H,2H2,1H3,(H,16,18);3-6H,2H2,1H3/b7-5-;. The highest BCUT2D eigenvalue weighted by Crippen LogP contribution is 2.22. The number of nitrogens with zero attached hydrogens (tertiary/aromatic N) is 7. The summed E-state index contributed by atoms with van der Waals surface area (Å²) in [6, 6.07) is 0. The first-order chi connectivity index (χ1) is 21.6. The van der Waals surface area contributed by atoms with Crippen LogP contribution in [0.25, 0.3) is 16.3 Å². The maximum Gasteiger partial charge on any atom is 0.311 e. The first-order valence-corrected chi connectivity index (χ1v) is 15.5.